The molecule has 0 heterocycles. The molecule has 0 radical (unpaired) electrons. The molecule has 3 nitrogen and oxygen atoms in total. The fourth-order valence-electron chi connectivity index (χ4n) is 3.34. The number of rotatable bonds is 8. The molecule has 2 atom stereocenters. The molecule has 130 valence electrons. The molecule has 0 N–H and O–H groups in total. The van der Waals surface area contributed by atoms with E-state index in [2.05, 4.69) is 6.92 Å². The molecule has 0 bridgehead atoms. The Bertz CT molecular complexity index is 609. The topological polar surface area (TPSA) is 51.2 Å². The van der Waals surface area contributed by atoms with Crippen molar-refractivity contribution in [2.24, 2.45) is 11.8 Å². The van der Waals surface area contributed by atoms with Crippen LogP contribution in [0.15, 0.2) is 24.3 Å². The zero-order chi connectivity index (χ0) is 17.5. The maximum absolute atomic E-state index is 12.7. The predicted octanol–water partition coefficient (Wildman–Crippen LogP) is 4.94. The number of thioether (sulfide) groups is 1. The molecule has 2 unspecified atom stereocenters. The monoisotopic (exact) mass is 346 g/mol. The minimum Gasteiger partial charge on any atom is -0.294 e. The van der Waals surface area contributed by atoms with Crippen LogP contribution in [0.25, 0.3) is 0 Å². The fraction of sp³-hybridized carbons (Fsp3) is 0.550. The smallest absolute Gasteiger partial charge is 0.185 e. The zero-order valence-corrected chi connectivity index (χ0v) is 15.4. The molecule has 0 saturated heterocycles. The van der Waals surface area contributed by atoms with Crippen molar-refractivity contribution in [3.8, 4) is 0 Å². The zero-order valence-electron chi connectivity index (χ0n) is 14.5. The van der Waals surface area contributed by atoms with Gasteiger partial charge in [0.25, 0.3) is 0 Å². The van der Waals surface area contributed by atoms with E-state index in [1.807, 2.05) is 12.1 Å². The normalized spacial score (nSPS) is 18.3. The second kappa shape index (κ2) is 9.16. The number of carbonyl (C=O) groups excluding carboxylic acids is 3. The maximum atomic E-state index is 12.7. The Kier molecular flexibility index (Phi) is 7.22. The Hall–Kier alpha value is -1.42. The number of unbranched alkanes of at least 4 members (excludes halogenated alkanes) is 3. The average Bonchev–Trinajstić information content (AvgIpc) is 2.56. The van der Waals surface area contributed by atoms with Crippen molar-refractivity contribution in [3.63, 3.8) is 0 Å². The molecule has 0 aliphatic heterocycles. The van der Waals surface area contributed by atoms with Crippen molar-refractivity contribution in [2.75, 3.05) is 5.75 Å². The van der Waals surface area contributed by atoms with Crippen LogP contribution in [0.3, 0.4) is 0 Å². The first-order valence-corrected chi connectivity index (χ1v) is 9.79. The Balaban J connectivity index is 1.77. The van der Waals surface area contributed by atoms with Gasteiger partial charge in [-0.2, -0.15) is 0 Å². The van der Waals surface area contributed by atoms with E-state index in [0.29, 0.717) is 17.5 Å². The molecule has 1 aromatic rings. The molecular formula is C20H26O3S. The molecular weight excluding hydrogens is 320 g/mol. The van der Waals surface area contributed by atoms with Gasteiger partial charge in [0, 0.05) is 36.1 Å². The van der Waals surface area contributed by atoms with Gasteiger partial charge in [-0.25, -0.2) is 0 Å². The third-order valence-electron chi connectivity index (χ3n) is 4.78. The van der Waals surface area contributed by atoms with Gasteiger partial charge in [0.15, 0.2) is 16.7 Å². The summed E-state index contributed by atoms with van der Waals surface area (Å²) in [5.41, 5.74) is 1.20. The molecule has 1 aliphatic carbocycles. The Morgan fingerprint density at radius 3 is 2.50 bits per heavy atom. The predicted molar refractivity (Wildman–Crippen MR) is 98.6 cm³/mol. The van der Waals surface area contributed by atoms with E-state index in [1.165, 1.54) is 11.8 Å². The highest BCUT2D eigenvalue weighted by molar-refractivity contribution is 8.13. The Morgan fingerprint density at radius 2 is 1.79 bits per heavy atom. The van der Waals surface area contributed by atoms with Gasteiger partial charge in [-0.05, 0) is 18.8 Å². The third-order valence-corrected chi connectivity index (χ3v) is 5.68. The standard InChI is InChI=1S/C20H26O3S/c1-14(9-5-3-4-8-12-24-15(2)21)18-13-19(22)16-10-6-7-11-17(16)20(18)23/h6-7,10-11,14,18H,3-5,8-9,12-13H2,1-2H3. The van der Waals surface area contributed by atoms with Crippen LogP contribution < -0.4 is 0 Å². The summed E-state index contributed by atoms with van der Waals surface area (Å²) in [5, 5.41) is 0.185. The van der Waals surface area contributed by atoms with Crippen LogP contribution >= 0.6 is 11.8 Å². The van der Waals surface area contributed by atoms with E-state index in [-0.39, 0.29) is 28.5 Å². The van der Waals surface area contributed by atoms with Crippen LogP contribution in [0.2, 0.25) is 0 Å². The summed E-state index contributed by atoms with van der Waals surface area (Å²) in [5.74, 6) is 1.21. The van der Waals surface area contributed by atoms with Crippen molar-refractivity contribution >= 4 is 28.4 Å². The number of carbonyl (C=O) groups is 3. The molecule has 4 heteroatoms. The van der Waals surface area contributed by atoms with Crippen molar-refractivity contribution in [2.45, 2.75) is 52.4 Å². The summed E-state index contributed by atoms with van der Waals surface area (Å²) < 4.78 is 0. The van der Waals surface area contributed by atoms with Gasteiger partial charge in [-0.3, -0.25) is 14.4 Å². The van der Waals surface area contributed by atoms with E-state index in [0.717, 1.165) is 37.9 Å². The minimum absolute atomic E-state index is 0.100. The van der Waals surface area contributed by atoms with E-state index in [4.69, 9.17) is 0 Å². The lowest BCUT2D eigenvalue weighted by Crippen LogP contribution is -2.31. The van der Waals surface area contributed by atoms with E-state index in [9.17, 15) is 14.4 Å². The van der Waals surface area contributed by atoms with Gasteiger partial charge in [-0.1, -0.05) is 62.2 Å². The molecule has 1 aromatic carbocycles. The van der Waals surface area contributed by atoms with Gasteiger partial charge in [0.2, 0.25) is 0 Å². The highest BCUT2D eigenvalue weighted by atomic mass is 32.2. The van der Waals surface area contributed by atoms with Crippen LogP contribution in [0.4, 0.5) is 0 Å². The Labute approximate surface area is 148 Å². The van der Waals surface area contributed by atoms with E-state index >= 15 is 0 Å². The van der Waals surface area contributed by atoms with Gasteiger partial charge >= 0.3 is 0 Å². The van der Waals surface area contributed by atoms with Crippen LogP contribution in [-0.2, 0) is 4.79 Å². The molecule has 0 fully saturated rings. The Morgan fingerprint density at radius 1 is 1.12 bits per heavy atom. The number of ketones is 2. The minimum atomic E-state index is -0.166. The summed E-state index contributed by atoms with van der Waals surface area (Å²) in [4.78, 5) is 35.8. The summed E-state index contributed by atoms with van der Waals surface area (Å²) in [6.45, 7) is 3.70. The first-order valence-electron chi connectivity index (χ1n) is 8.80. The number of benzene rings is 1. The molecule has 24 heavy (non-hydrogen) atoms. The average molecular weight is 346 g/mol. The molecule has 0 amide bonds. The first kappa shape index (κ1) is 18.9. The molecule has 0 saturated carbocycles. The van der Waals surface area contributed by atoms with Gasteiger partial charge < -0.3 is 0 Å². The molecule has 0 aromatic heterocycles. The largest absolute Gasteiger partial charge is 0.294 e. The van der Waals surface area contributed by atoms with Gasteiger partial charge in [-0.15, -0.1) is 0 Å². The molecule has 2 rings (SSSR count). The lowest BCUT2D eigenvalue weighted by atomic mass is 9.74. The quantitative estimate of drug-likeness (QED) is 0.626. The number of hydrogen-bond acceptors (Lipinski definition) is 4. The number of Topliss-reactive ketones (excluding diaryl/α,β-unsaturated/α-hetero) is 2. The third kappa shape index (κ3) is 5.04. The van der Waals surface area contributed by atoms with Crippen LogP contribution in [0.5, 0.6) is 0 Å². The second-order valence-corrected chi connectivity index (χ2v) is 7.94. The van der Waals surface area contributed by atoms with Gasteiger partial charge in [0.05, 0.1) is 0 Å². The lowest BCUT2D eigenvalue weighted by Gasteiger charge is -2.27. The lowest BCUT2D eigenvalue weighted by molar-refractivity contribution is -0.109. The van der Waals surface area contributed by atoms with Crippen molar-refractivity contribution in [3.05, 3.63) is 35.4 Å². The van der Waals surface area contributed by atoms with Crippen LogP contribution in [-0.4, -0.2) is 22.4 Å². The number of fused-ring (bicyclic) bond motifs is 1. The summed E-state index contributed by atoms with van der Waals surface area (Å²) in [7, 11) is 0. The maximum Gasteiger partial charge on any atom is 0.185 e. The highest BCUT2D eigenvalue weighted by Crippen LogP contribution is 2.32. The number of hydrogen-bond donors (Lipinski definition) is 0. The molecule has 0 spiro atoms. The SMILES string of the molecule is CC(=O)SCCCCCCC(C)C1CC(=O)c2ccccc2C1=O. The van der Waals surface area contributed by atoms with Crippen molar-refractivity contribution in [1.82, 2.24) is 0 Å². The highest BCUT2D eigenvalue weighted by Gasteiger charge is 2.35. The van der Waals surface area contributed by atoms with Crippen molar-refractivity contribution < 1.29 is 14.4 Å². The van der Waals surface area contributed by atoms with E-state index < -0.39 is 0 Å². The summed E-state index contributed by atoms with van der Waals surface area (Å²) in [6, 6.07) is 7.19. The molecule has 1 aliphatic rings. The van der Waals surface area contributed by atoms with Gasteiger partial charge in [0.1, 0.15) is 0 Å². The summed E-state index contributed by atoms with van der Waals surface area (Å²) >= 11 is 1.39. The summed E-state index contributed by atoms with van der Waals surface area (Å²) in [6.07, 6.45) is 5.71. The van der Waals surface area contributed by atoms with E-state index in [1.54, 1.807) is 19.1 Å². The fourth-order valence-corrected chi connectivity index (χ4v) is 3.98. The second-order valence-electron chi connectivity index (χ2n) is 6.66. The van der Waals surface area contributed by atoms with Crippen molar-refractivity contribution in [1.29, 1.82) is 0 Å². The first-order chi connectivity index (χ1) is 11.5. The van der Waals surface area contributed by atoms with Crippen LogP contribution in [0.1, 0.15) is 73.1 Å². The van der Waals surface area contributed by atoms with Crippen LogP contribution in [0, 0.1) is 11.8 Å².